The van der Waals surface area contributed by atoms with Gasteiger partial charge in [-0.05, 0) is 55.6 Å². The number of aromatic amines is 1. The summed E-state index contributed by atoms with van der Waals surface area (Å²) in [6, 6.07) is 15.5. The molecule has 2 heteroatoms. The van der Waals surface area contributed by atoms with Gasteiger partial charge in [0.15, 0.2) is 0 Å². The Morgan fingerprint density at radius 3 is 2.53 bits per heavy atom. The Morgan fingerprint density at radius 1 is 0.842 bits per heavy atom. The van der Waals surface area contributed by atoms with E-state index >= 15 is 0 Å². The highest BCUT2D eigenvalue weighted by Crippen LogP contribution is 2.31. The summed E-state index contributed by atoms with van der Waals surface area (Å²) in [5.41, 5.74) is 3.98. The van der Waals surface area contributed by atoms with Crippen LogP contribution in [0.1, 0.15) is 24.3 Å². The fraction of sp³-hybridized carbons (Fsp3) is 0.294. The van der Waals surface area contributed by atoms with Crippen molar-refractivity contribution in [3.05, 3.63) is 48.0 Å². The number of piperidine rings is 1. The highest BCUT2D eigenvalue weighted by atomic mass is 14.9. The van der Waals surface area contributed by atoms with Gasteiger partial charge in [-0.1, -0.05) is 24.3 Å². The molecular weight excluding hydrogens is 232 g/mol. The molecule has 0 bridgehead atoms. The number of fused-ring (bicyclic) bond motifs is 3. The predicted molar refractivity (Wildman–Crippen MR) is 80.6 cm³/mol. The van der Waals surface area contributed by atoms with Crippen LogP contribution in [0.2, 0.25) is 0 Å². The molecule has 0 aliphatic carbocycles. The molecule has 2 heterocycles. The number of hydrogen-bond donors (Lipinski definition) is 2. The van der Waals surface area contributed by atoms with Crippen molar-refractivity contribution in [2.75, 3.05) is 13.1 Å². The summed E-state index contributed by atoms with van der Waals surface area (Å²) in [6.45, 7) is 2.30. The highest BCUT2D eigenvalue weighted by molar-refractivity contribution is 6.07. The van der Waals surface area contributed by atoms with E-state index in [4.69, 9.17) is 0 Å². The van der Waals surface area contributed by atoms with E-state index < -0.39 is 0 Å². The van der Waals surface area contributed by atoms with Crippen LogP contribution in [0.3, 0.4) is 0 Å². The maximum atomic E-state index is 3.50. The van der Waals surface area contributed by atoms with Gasteiger partial charge in [-0.3, -0.25) is 0 Å². The second-order valence-corrected chi connectivity index (χ2v) is 5.50. The molecule has 1 aromatic heterocycles. The molecule has 4 rings (SSSR count). The van der Waals surface area contributed by atoms with E-state index in [1.165, 1.54) is 40.2 Å². The van der Waals surface area contributed by atoms with Crippen molar-refractivity contribution in [2.45, 2.75) is 18.8 Å². The van der Waals surface area contributed by atoms with E-state index in [-0.39, 0.29) is 0 Å². The van der Waals surface area contributed by atoms with Crippen LogP contribution in [0.4, 0.5) is 0 Å². The van der Waals surface area contributed by atoms with E-state index in [2.05, 4.69) is 52.8 Å². The summed E-state index contributed by atoms with van der Waals surface area (Å²) in [5.74, 6) is 0.722. The monoisotopic (exact) mass is 250 g/mol. The van der Waals surface area contributed by atoms with E-state index in [9.17, 15) is 0 Å². The standard InChI is InChI=1S/C17H18N2/c1-2-4-16-14(3-1)15-11-13(5-6-17(15)19-16)12-7-9-18-10-8-12/h1-6,11-12,18-19H,7-10H2. The van der Waals surface area contributed by atoms with Gasteiger partial charge in [0.1, 0.15) is 0 Å². The van der Waals surface area contributed by atoms with Gasteiger partial charge in [0.25, 0.3) is 0 Å². The molecule has 0 atom stereocenters. The van der Waals surface area contributed by atoms with Crippen LogP contribution >= 0.6 is 0 Å². The van der Waals surface area contributed by atoms with Crippen molar-refractivity contribution in [1.29, 1.82) is 0 Å². The molecule has 0 spiro atoms. The Morgan fingerprint density at radius 2 is 1.63 bits per heavy atom. The van der Waals surface area contributed by atoms with Gasteiger partial charge in [0.05, 0.1) is 0 Å². The van der Waals surface area contributed by atoms with Crippen LogP contribution in [0.15, 0.2) is 42.5 Å². The second-order valence-electron chi connectivity index (χ2n) is 5.50. The Bertz CT molecular complexity index is 720. The van der Waals surface area contributed by atoms with Crippen LogP contribution in [0, 0.1) is 0 Å². The number of hydrogen-bond acceptors (Lipinski definition) is 1. The smallest absolute Gasteiger partial charge is 0.0465 e. The molecule has 3 aromatic rings. The van der Waals surface area contributed by atoms with Crippen molar-refractivity contribution in [2.24, 2.45) is 0 Å². The lowest BCUT2D eigenvalue weighted by atomic mass is 9.89. The van der Waals surface area contributed by atoms with Gasteiger partial charge in [-0.25, -0.2) is 0 Å². The highest BCUT2D eigenvalue weighted by Gasteiger charge is 2.16. The minimum atomic E-state index is 0.722. The zero-order chi connectivity index (χ0) is 12.7. The van der Waals surface area contributed by atoms with Gasteiger partial charge in [0.2, 0.25) is 0 Å². The first-order valence-electron chi connectivity index (χ1n) is 7.13. The maximum Gasteiger partial charge on any atom is 0.0465 e. The number of para-hydroxylation sites is 1. The number of rotatable bonds is 1. The van der Waals surface area contributed by atoms with E-state index in [0.717, 1.165) is 19.0 Å². The second kappa shape index (κ2) is 4.39. The molecule has 19 heavy (non-hydrogen) atoms. The van der Waals surface area contributed by atoms with Gasteiger partial charge in [-0.15, -0.1) is 0 Å². The summed E-state index contributed by atoms with van der Waals surface area (Å²) in [4.78, 5) is 3.50. The average Bonchev–Trinajstić information content (AvgIpc) is 2.86. The minimum Gasteiger partial charge on any atom is -0.355 e. The molecule has 0 unspecified atom stereocenters. The molecule has 1 aliphatic rings. The van der Waals surface area contributed by atoms with Crippen LogP contribution in [-0.2, 0) is 0 Å². The zero-order valence-corrected chi connectivity index (χ0v) is 10.9. The number of benzene rings is 2. The maximum absolute atomic E-state index is 3.50. The molecule has 2 N–H and O–H groups in total. The van der Waals surface area contributed by atoms with E-state index in [1.54, 1.807) is 0 Å². The molecule has 1 saturated heterocycles. The largest absolute Gasteiger partial charge is 0.355 e. The summed E-state index contributed by atoms with van der Waals surface area (Å²) in [6.07, 6.45) is 2.52. The third-order valence-electron chi connectivity index (χ3n) is 4.34. The third-order valence-corrected chi connectivity index (χ3v) is 4.34. The summed E-state index contributed by atoms with van der Waals surface area (Å²) in [7, 11) is 0. The van der Waals surface area contributed by atoms with Crippen molar-refractivity contribution in [3.63, 3.8) is 0 Å². The van der Waals surface area contributed by atoms with Gasteiger partial charge < -0.3 is 10.3 Å². The molecule has 2 nitrogen and oxygen atoms in total. The summed E-state index contributed by atoms with van der Waals surface area (Å²) >= 11 is 0. The molecular formula is C17H18N2. The Kier molecular flexibility index (Phi) is 2.56. The molecule has 1 fully saturated rings. The van der Waals surface area contributed by atoms with Crippen LogP contribution < -0.4 is 5.32 Å². The number of H-pyrrole nitrogens is 1. The average molecular weight is 250 g/mol. The predicted octanol–water partition coefficient (Wildman–Crippen LogP) is 3.79. The lowest BCUT2D eigenvalue weighted by Gasteiger charge is -2.23. The first-order valence-corrected chi connectivity index (χ1v) is 7.13. The Hall–Kier alpha value is -1.80. The summed E-state index contributed by atoms with van der Waals surface area (Å²) in [5, 5.41) is 6.15. The Balaban J connectivity index is 1.87. The van der Waals surface area contributed by atoms with Crippen molar-refractivity contribution < 1.29 is 0 Å². The third kappa shape index (κ3) is 1.83. The van der Waals surface area contributed by atoms with Crippen molar-refractivity contribution in [1.82, 2.24) is 10.3 Å². The zero-order valence-electron chi connectivity index (χ0n) is 10.9. The van der Waals surface area contributed by atoms with Gasteiger partial charge in [0, 0.05) is 21.8 Å². The summed E-state index contributed by atoms with van der Waals surface area (Å²) < 4.78 is 0. The topological polar surface area (TPSA) is 27.8 Å². The normalized spacial score (nSPS) is 17.3. The SMILES string of the molecule is c1ccc2c(c1)[nH]c1ccc(C3CCNCC3)cc12. The molecule has 0 saturated carbocycles. The van der Waals surface area contributed by atoms with E-state index in [1.807, 2.05) is 0 Å². The molecule has 96 valence electrons. The Labute approximate surface area is 112 Å². The molecule has 2 aromatic carbocycles. The fourth-order valence-electron chi connectivity index (χ4n) is 3.27. The number of nitrogens with one attached hydrogen (secondary N) is 2. The van der Waals surface area contributed by atoms with Crippen molar-refractivity contribution in [3.8, 4) is 0 Å². The molecule has 0 amide bonds. The quantitative estimate of drug-likeness (QED) is 0.675. The van der Waals surface area contributed by atoms with Gasteiger partial charge in [-0.2, -0.15) is 0 Å². The first-order chi connectivity index (χ1) is 9.42. The molecule has 1 aliphatic heterocycles. The van der Waals surface area contributed by atoms with Crippen molar-refractivity contribution >= 4 is 21.8 Å². The first kappa shape index (κ1) is 11.1. The van der Waals surface area contributed by atoms with Crippen LogP contribution in [-0.4, -0.2) is 18.1 Å². The molecule has 0 radical (unpaired) electrons. The minimum absolute atomic E-state index is 0.722. The fourth-order valence-corrected chi connectivity index (χ4v) is 3.27. The van der Waals surface area contributed by atoms with Crippen LogP contribution in [0.25, 0.3) is 21.8 Å². The van der Waals surface area contributed by atoms with E-state index in [0.29, 0.717) is 0 Å². The lowest BCUT2D eigenvalue weighted by molar-refractivity contribution is 0.460. The van der Waals surface area contributed by atoms with Crippen LogP contribution in [0.5, 0.6) is 0 Å². The number of aromatic nitrogens is 1. The van der Waals surface area contributed by atoms with Gasteiger partial charge >= 0.3 is 0 Å². The lowest BCUT2D eigenvalue weighted by Crippen LogP contribution is -2.26.